The van der Waals surface area contributed by atoms with Crippen molar-refractivity contribution in [3.8, 4) is 0 Å². The highest BCUT2D eigenvalue weighted by molar-refractivity contribution is 6.04. The van der Waals surface area contributed by atoms with Gasteiger partial charge in [0.1, 0.15) is 5.82 Å². The van der Waals surface area contributed by atoms with E-state index < -0.39 is 10.7 Å². The fraction of sp³-hybridized carbons (Fsp3) is 0.100. The molecule has 0 saturated heterocycles. The molecule has 2 N–H and O–H groups in total. The molecular formula is C20H17FN4O3. The Hall–Kier alpha value is -3.81. The maximum absolute atomic E-state index is 12.9. The Kier molecular flexibility index (Phi) is 5.59. The Labute approximate surface area is 160 Å². The summed E-state index contributed by atoms with van der Waals surface area (Å²) in [5.74, 6) is -0.563. The third kappa shape index (κ3) is 4.47. The monoisotopic (exact) mass is 380 g/mol. The number of nitrogens with zero attached hydrogens (tertiary/aromatic N) is 2. The molecule has 0 saturated carbocycles. The molecule has 142 valence electrons. The van der Waals surface area contributed by atoms with Crippen LogP contribution in [0.4, 0.5) is 21.6 Å². The van der Waals surface area contributed by atoms with E-state index in [1.807, 2.05) is 6.92 Å². The predicted octanol–water partition coefficient (Wildman–Crippen LogP) is 4.55. The Bertz CT molecular complexity index is 991. The lowest BCUT2D eigenvalue weighted by atomic mass is 10.1. The molecule has 0 aliphatic heterocycles. The number of carbonyl (C=O) groups is 1. The molecule has 1 amide bonds. The van der Waals surface area contributed by atoms with Gasteiger partial charge in [0, 0.05) is 23.5 Å². The van der Waals surface area contributed by atoms with Crippen molar-refractivity contribution in [3.63, 3.8) is 0 Å². The van der Waals surface area contributed by atoms with Crippen LogP contribution in [0.25, 0.3) is 0 Å². The summed E-state index contributed by atoms with van der Waals surface area (Å²) >= 11 is 0. The standard InChI is InChI=1S/C20H17FN4O3/c1-13(23-19-18(25(27)28)3-2-12-22-19)14-6-10-17(11-7-14)24-20(26)15-4-8-16(21)9-5-15/h2-13H,1H3,(H,22,23)(H,24,26). The number of aromatic nitrogens is 1. The first-order valence-corrected chi connectivity index (χ1v) is 8.47. The third-order valence-corrected chi connectivity index (χ3v) is 4.11. The largest absolute Gasteiger partial charge is 0.358 e. The Morgan fingerprint density at radius 1 is 1.11 bits per heavy atom. The number of hydrogen-bond acceptors (Lipinski definition) is 5. The number of benzene rings is 2. The number of hydrogen-bond donors (Lipinski definition) is 2. The normalized spacial score (nSPS) is 11.5. The summed E-state index contributed by atoms with van der Waals surface area (Å²) in [7, 11) is 0. The van der Waals surface area contributed by atoms with E-state index >= 15 is 0 Å². The van der Waals surface area contributed by atoms with Crippen LogP contribution in [-0.4, -0.2) is 15.8 Å². The van der Waals surface area contributed by atoms with E-state index in [0.29, 0.717) is 11.3 Å². The van der Waals surface area contributed by atoms with Crippen LogP contribution in [0.15, 0.2) is 66.9 Å². The second-order valence-electron chi connectivity index (χ2n) is 6.08. The van der Waals surface area contributed by atoms with E-state index in [4.69, 9.17) is 0 Å². The van der Waals surface area contributed by atoms with E-state index in [-0.39, 0.29) is 23.5 Å². The Morgan fingerprint density at radius 2 is 1.79 bits per heavy atom. The Balaban J connectivity index is 1.68. The Morgan fingerprint density at radius 3 is 2.43 bits per heavy atom. The molecule has 8 heteroatoms. The van der Waals surface area contributed by atoms with Gasteiger partial charge in [-0.25, -0.2) is 9.37 Å². The van der Waals surface area contributed by atoms with Gasteiger partial charge in [0.2, 0.25) is 5.82 Å². The minimum atomic E-state index is -0.490. The van der Waals surface area contributed by atoms with Crippen molar-refractivity contribution in [1.29, 1.82) is 0 Å². The van der Waals surface area contributed by atoms with Gasteiger partial charge in [0.25, 0.3) is 5.91 Å². The lowest BCUT2D eigenvalue weighted by molar-refractivity contribution is -0.384. The molecule has 1 aromatic heterocycles. The zero-order chi connectivity index (χ0) is 20.1. The minimum absolute atomic E-state index is 0.0995. The van der Waals surface area contributed by atoms with Crippen molar-refractivity contribution in [1.82, 2.24) is 4.98 Å². The molecule has 0 aliphatic rings. The van der Waals surface area contributed by atoms with Crippen LogP contribution in [0, 0.1) is 15.9 Å². The summed E-state index contributed by atoms with van der Waals surface area (Å²) in [5.41, 5.74) is 1.69. The van der Waals surface area contributed by atoms with Gasteiger partial charge in [-0.15, -0.1) is 0 Å². The van der Waals surface area contributed by atoms with Crippen molar-refractivity contribution in [3.05, 3.63) is 93.9 Å². The predicted molar refractivity (Wildman–Crippen MR) is 104 cm³/mol. The van der Waals surface area contributed by atoms with Crippen molar-refractivity contribution < 1.29 is 14.1 Å². The van der Waals surface area contributed by atoms with E-state index in [2.05, 4.69) is 15.6 Å². The van der Waals surface area contributed by atoms with Crippen LogP contribution in [0.1, 0.15) is 28.9 Å². The molecule has 3 rings (SSSR count). The molecule has 1 atom stereocenters. The van der Waals surface area contributed by atoms with Gasteiger partial charge in [-0.05, 0) is 55.0 Å². The van der Waals surface area contributed by atoms with Gasteiger partial charge >= 0.3 is 5.69 Å². The van der Waals surface area contributed by atoms with Crippen molar-refractivity contribution in [2.24, 2.45) is 0 Å². The van der Waals surface area contributed by atoms with E-state index in [0.717, 1.165) is 5.56 Å². The molecule has 3 aromatic rings. The van der Waals surface area contributed by atoms with Crippen LogP contribution < -0.4 is 10.6 Å². The summed E-state index contributed by atoms with van der Waals surface area (Å²) in [6, 6.07) is 15.0. The van der Waals surface area contributed by atoms with Crippen LogP contribution in [0.5, 0.6) is 0 Å². The summed E-state index contributed by atoms with van der Waals surface area (Å²) in [6.07, 6.45) is 1.48. The number of halogens is 1. The average molecular weight is 380 g/mol. The third-order valence-electron chi connectivity index (χ3n) is 4.11. The summed E-state index contributed by atoms with van der Waals surface area (Å²) in [6.45, 7) is 1.85. The lowest BCUT2D eigenvalue weighted by Crippen LogP contribution is -2.12. The first-order chi connectivity index (χ1) is 13.4. The number of nitro groups is 1. The molecule has 0 spiro atoms. The van der Waals surface area contributed by atoms with E-state index in [1.165, 1.54) is 42.6 Å². The van der Waals surface area contributed by atoms with Crippen LogP contribution in [0.3, 0.4) is 0 Å². The quantitative estimate of drug-likeness (QED) is 0.483. The van der Waals surface area contributed by atoms with Crippen molar-refractivity contribution in [2.75, 3.05) is 10.6 Å². The zero-order valence-electron chi connectivity index (χ0n) is 14.9. The summed E-state index contributed by atoms with van der Waals surface area (Å²) in [4.78, 5) is 26.8. The second-order valence-corrected chi connectivity index (χ2v) is 6.08. The number of carbonyl (C=O) groups excluding carboxylic acids is 1. The van der Waals surface area contributed by atoms with Gasteiger partial charge in [0.05, 0.1) is 11.0 Å². The molecule has 7 nitrogen and oxygen atoms in total. The van der Waals surface area contributed by atoms with Gasteiger partial charge < -0.3 is 10.6 Å². The number of anilines is 2. The first kappa shape index (κ1) is 19.0. The lowest BCUT2D eigenvalue weighted by Gasteiger charge is -2.15. The minimum Gasteiger partial charge on any atom is -0.358 e. The average Bonchev–Trinajstić information content (AvgIpc) is 2.69. The van der Waals surface area contributed by atoms with E-state index in [9.17, 15) is 19.3 Å². The van der Waals surface area contributed by atoms with Gasteiger partial charge in [0.15, 0.2) is 0 Å². The van der Waals surface area contributed by atoms with Gasteiger partial charge in [-0.1, -0.05) is 12.1 Å². The molecule has 0 aliphatic carbocycles. The fourth-order valence-corrected chi connectivity index (χ4v) is 2.60. The van der Waals surface area contributed by atoms with Crippen molar-refractivity contribution >= 4 is 23.1 Å². The molecule has 2 aromatic carbocycles. The number of rotatable bonds is 6. The molecule has 28 heavy (non-hydrogen) atoms. The molecule has 0 bridgehead atoms. The second kappa shape index (κ2) is 8.26. The maximum Gasteiger partial charge on any atom is 0.311 e. The molecule has 0 fully saturated rings. The SMILES string of the molecule is CC(Nc1ncccc1[N+](=O)[O-])c1ccc(NC(=O)c2ccc(F)cc2)cc1. The highest BCUT2D eigenvalue weighted by Crippen LogP contribution is 2.26. The van der Waals surface area contributed by atoms with Crippen molar-refractivity contribution in [2.45, 2.75) is 13.0 Å². The van der Waals surface area contributed by atoms with Crippen LogP contribution >= 0.6 is 0 Å². The first-order valence-electron chi connectivity index (χ1n) is 8.47. The molecular weight excluding hydrogens is 363 g/mol. The number of amides is 1. The molecule has 1 heterocycles. The molecule has 1 unspecified atom stereocenters. The molecule has 0 radical (unpaired) electrons. The van der Waals surface area contributed by atoms with Crippen LogP contribution in [0.2, 0.25) is 0 Å². The van der Waals surface area contributed by atoms with Gasteiger partial charge in [-0.3, -0.25) is 14.9 Å². The summed E-state index contributed by atoms with van der Waals surface area (Å²) < 4.78 is 12.9. The van der Waals surface area contributed by atoms with Crippen LogP contribution in [-0.2, 0) is 0 Å². The maximum atomic E-state index is 12.9. The highest BCUT2D eigenvalue weighted by atomic mass is 19.1. The smallest absolute Gasteiger partial charge is 0.311 e. The fourth-order valence-electron chi connectivity index (χ4n) is 2.60. The van der Waals surface area contributed by atoms with Gasteiger partial charge in [-0.2, -0.15) is 0 Å². The highest BCUT2D eigenvalue weighted by Gasteiger charge is 2.16. The summed E-state index contributed by atoms with van der Waals surface area (Å²) in [5, 5.41) is 16.8. The van der Waals surface area contributed by atoms with E-state index in [1.54, 1.807) is 24.3 Å². The zero-order valence-corrected chi connectivity index (χ0v) is 14.9. The number of pyridine rings is 1. The topological polar surface area (TPSA) is 97.2 Å². The number of nitrogens with one attached hydrogen (secondary N) is 2.